The van der Waals surface area contributed by atoms with Crippen molar-refractivity contribution in [2.45, 2.75) is 20.3 Å². The van der Waals surface area contributed by atoms with Gasteiger partial charge in [-0.05, 0) is 25.0 Å². The molecule has 3 aromatic rings. The van der Waals surface area contributed by atoms with Gasteiger partial charge in [-0.25, -0.2) is 15.0 Å². The third kappa shape index (κ3) is 2.22. The molecule has 0 aliphatic carbocycles. The molecule has 0 fully saturated rings. The second-order valence-electron chi connectivity index (χ2n) is 4.25. The Morgan fingerprint density at radius 1 is 1.26 bits per heavy atom. The van der Waals surface area contributed by atoms with Gasteiger partial charge in [0.25, 0.3) is 0 Å². The van der Waals surface area contributed by atoms with E-state index in [0.29, 0.717) is 11.0 Å². The molecule has 0 aliphatic heterocycles. The van der Waals surface area contributed by atoms with Gasteiger partial charge in [0, 0.05) is 11.6 Å². The number of thiazole rings is 1. The van der Waals surface area contributed by atoms with Crippen molar-refractivity contribution in [3.8, 4) is 10.7 Å². The highest BCUT2D eigenvalue weighted by Crippen LogP contribution is 2.29. The van der Waals surface area contributed by atoms with Gasteiger partial charge in [0.15, 0.2) is 5.82 Å². The standard InChI is InChI=1S/C14H12ClN3S/c1-3-9-5-4-6-10-12(9)17-14(18-13(10)15)11-7-16-8(2)19-11/h4-7H,3H2,1-2H3. The van der Waals surface area contributed by atoms with Crippen molar-refractivity contribution in [3.63, 3.8) is 0 Å². The lowest BCUT2D eigenvalue weighted by Crippen LogP contribution is -1.94. The molecule has 5 heteroatoms. The molecule has 1 aromatic carbocycles. The van der Waals surface area contributed by atoms with Crippen LogP contribution in [0.4, 0.5) is 0 Å². The minimum absolute atomic E-state index is 0.501. The van der Waals surface area contributed by atoms with Crippen LogP contribution in [0.3, 0.4) is 0 Å². The van der Waals surface area contributed by atoms with E-state index in [9.17, 15) is 0 Å². The molecule has 19 heavy (non-hydrogen) atoms. The number of benzene rings is 1. The first kappa shape index (κ1) is 12.5. The molecular weight excluding hydrogens is 278 g/mol. The van der Waals surface area contributed by atoms with Crippen LogP contribution in [-0.2, 0) is 6.42 Å². The summed E-state index contributed by atoms with van der Waals surface area (Å²) in [5.74, 6) is 0.656. The van der Waals surface area contributed by atoms with Crippen LogP contribution >= 0.6 is 22.9 Å². The Labute approximate surface area is 120 Å². The van der Waals surface area contributed by atoms with Crippen molar-refractivity contribution in [3.05, 3.63) is 40.1 Å². The Morgan fingerprint density at radius 3 is 2.79 bits per heavy atom. The van der Waals surface area contributed by atoms with Crippen LogP contribution in [0.25, 0.3) is 21.6 Å². The largest absolute Gasteiger partial charge is 0.249 e. The molecule has 0 aliphatic rings. The summed E-state index contributed by atoms with van der Waals surface area (Å²) in [5, 5.41) is 2.41. The smallest absolute Gasteiger partial charge is 0.173 e. The van der Waals surface area contributed by atoms with E-state index in [2.05, 4.69) is 27.9 Å². The fourth-order valence-corrected chi connectivity index (χ4v) is 2.98. The van der Waals surface area contributed by atoms with Gasteiger partial charge in [-0.15, -0.1) is 11.3 Å². The van der Waals surface area contributed by atoms with Crippen molar-refractivity contribution < 1.29 is 0 Å². The van der Waals surface area contributed by atoms with Crippen molar-refractivity contribution >= 4 is 33.8 Å². The lowest BCUT2D eigenvalue weighted by Gasteiger charge is -2.06. The third-order valence-electron chi connectivity index (χ3n) is 2.99. The van der Waals surface area contributed by atoms with Gasteiger partial charge in [0.1, 0.15) is 5.15 Å². The minimum atomic E-state index is 0.501. The topological polar surface area (TPSA) is 38.7 Å². The first-order valence-corrected chi connectivity index (χ1v) is 7.26. The SMILES string of the molecule is CCc1cccc2c(Cl)nc(-c3cnc(C)s3)nc12. The summed E-state index contributed by atoms with van der Waals surface area (Å²) >= 11 is 7.86. The average molecular weight is 290 g/mol. The lowest BCUT2D eigenvalue weighted by atomic mass is 10.1. The summed E-state index contributed by atoms with van der Waals surface area (Å²) in [6, 6.07) is 6.03. The highest BCUT2D eigenvalue weighted by atomic mass is 35.5. The zero-order valence-electron chi connectivity index (χ0n) is 10.6. The Morgan fingerprint density at radius 2 is 2.11 bits per heavy atom. The highest BCUT2D eigenvalue weighted by Gasteiger charge is 2.11. The molecule has 0 spiro atoms. The van der Waals surface area contributed by atoms with Crippen LogP contribution in [0.1, 0.15) is 17.5 Å². The van der Waals surface area contributed by atoms with E-state index in [1.165, 1.54) is 5.56 Å². The van der Waals surface area contributed by atoms with Crippen LogP contribution in [0.5, 0.6) is 0 Å². The molecule has 2 heterocycles. The van der Waals surface area contributed by atoms with Crippen LogP contribution < -0.4 is 0 Å². The van der Waals surface area contributed by atoms with Gasteiger partial charge in [-0.2, -0.15) is 0 Å². The van der Waals surface area contributed by atoms with E-state index in [1.54, 1.807) is 17.5 Å². The van der Waals surface area contributed by atoms with Gasteiger partial charge in [0.2, 0.25) is 0 Å². The van der Waals surface area contributed by atoms with Crippen LogP contribution in [0, 0.1) is 6.92 Å². The molecular formula is C14H12ClN3S. The van der Waals surface area contributed by atoms with Crippen molar-refractivity contribution in [1.29, 1.82) is 0 Å². The number of halogens is 1. The molecule has 0 radical (unpaired) electrons. The Balaban J connectivity index is 2.28. The van der Waals surface area contributed by atoms with E-state index < -0.39 is 0 Å². The van der Waals surface area contributed by atoms with Crippen LogP contribution in [0.15, 0.2) is 24.4 Å². The number of rotatable bonds is 2. The molecule has 0 saturated heterocycles. The zero-order valence-corrected chi connectivity index (χ0v) is 12.2. The van der Waals surface area contributed by atoms with E-state index in [1.807, 2.05) is 19.1 Å². The molecule has 2 aromatic heterocycles. The lowest BCUT2D eigenvalue weighted by molar-refractivity contribution is 1.13. The fourth-order valence-electron chi connectivity index (χ4n) is 2.03. The zero-order chi connectivity index (χ0) is 13.4. The summed E-state index contributed by atoms with van der Waals surface area (Å²) < 4.78 is 0. The first-order valence-electron chi connectivity index (χ1n) is 6.07. The van der Waals surface area contributed by atoms with Crippen LogP contribution in [0.2, 0.25) is 5.15 Å². The van der Waals surface area contributed by atoms with Crippen molar-refractivity contribution in [2.24, 2.45) is 0 Å². The van der Waals surface area contributed by atoms with E-state index in [4.69, 9.17) is 11.6 Å². The van der Waals surface area contributed by atoms with Gasteiger partial charge in [-0.3, -0.25) is 0 Å². The maximum Gasteiger partial charge on any atom is 0.173 e. The average Bonchev–Trinajstić information content (AvgIpc) is 2.85. The molecule has 0 N–H and O–H groups in total. The van der Waals surface area contributed by atoms with E-state index in [0.717, 1.165) is 27.2 Å². The van der Waals surface area contributed by atoms with E-state index >= 15 is 0 Å². The summed E-state index contributed by atoms with van der Waals surface area (Å²) in [4.78, 5) is 14.2. The van der Waals surface area contributed by atoms with Gasteiger partial charge < -0.3 is 0 Å². The fraction of sp³-hybridized carbons (Fsp3) is 0.214. The first-order chi connectivity index (χ1) is 9.19. The molecule has 96 valence electrons. The molecule has 0 amide bonds. The second kappa shape index (κ2) is 4.87. The van der Waals surface area contributed by atoms with Crippen molar-refractivity contribution in [2.75, 3.05) is 0 Å². The normalized spacial score (nSPS) is 11.1. The number of aromatic nitrogens is 3. The quantitative estimate of drug-likeness (QED) is 0.661. The predicted octanol–water partition coefficient (Wildman–Crippen LogP) is 4.28. The monoisotopic (exact) mass is 289 g/mol. The summed E-state index contributed by atoms with van der Waals surface area (Å²) in [6.07, 6.45) is 2.72. The Hall–Kier alpha value is -1.52. The number of hydrogen-bond donors (Lipinski definition) is 0. The number of aryl methyl sites for hydroxylation is 2. The Bertz CT molecular complexity index is 752. The summed E-state index contributed by atoms with van der Waals surface area (Å²) in [6.45, 7) is 4.08. The molecule has 0 unspecified atom stereocenters. The van der Waals surface area contributed by atoms with Gasteiger partial charge >= 0.3 is 0 Å². The minimum Gasteiger partial charge on any atom is -0.249 e. The number of para-hydroxylation sites is 1. The third-order valence-corrected chi connectivity index (χ3v) is 4.18. The Kier molecular flexibility index (Phi) is 3.21. The number of nitrogens with zero attached hydrogens (tertiary/aromatic N) is 3. The van der Waals surface area contributed by atoms with Gasteiger partial charge in [0.05, 0.1) is 15.4 Å². The highest BCUT2D eigenvalue weighted by molar-refractivity contribution is 7.14. The number of fused-ring (bicyclic) bond motifs is 1. The molecule has 3 nitrogen and oxygen atoms in total. The maximum absolute atomic E-state index is 6.28. The van der Waals surface area contributed by atoms with Crippen molar-refractivity contribution in [1.82, 2.24) is 15.0 Å². The molecule has 0 bridgehead atoms. The summed E-state index contributed by atoms with van der Waals surface area (Å²) in [7, 11) is 0. The molecule has 0 saturated carbocycles. The maximum atomic E-state index is 6.28. The number of hydrogen-bond acceptors (Lipinski definition) is 4. The second-order valence-corrected chi connectivity index (χ2v) is 5.84. The predicted molar refractivity (Wildman–Crippen MR) is 79.8 cm³/mol. The van der Waals surface area contributed by atoms with Crippen LogP contribution in [-0.4, -0.2) is 15.0 Å². The van der Waals surface area contributed by atoms with Gasteiger partial charge in [-0.1, -0.05) is 30.7 Å². The molecule has 0 atom stereocenters. The van der Waals surface area contributed by atoms with E-state index in [-0.39, 0.29) is 0 Å². The molecule has 3 rings (SSSR count). The summed E-state index contributed by atoms with van der Waals surface area (Å²) in [5.41, 5.74) is 2.12.